The molecule has 0 aromatic heterocycles. The summed E-state index contributed by atoms with van der Waals surface area (Å²) in [6.45, 7) is 3.68. The molecule has 0 aliphatic carbocycles. The van der Waals surface area contributed by atoms with Crippen LogP contribution in [0.5, 0.6) is 0 Å². The van der Waals surface area contributed by atoms with Gasteiger partial charge < -0.3 is 9.84 Å². The molecule has 0 aliphatic rings. The molecule has 0 radical (unpaired) electrons. The zero-order chi connectivity index (χ0) is 16.1. The first kappa shape index (κ1) is 16.7. The first-order valence-electron chi connectivity index (χ1n) is 7.19. The van der Waals surface area contributed by atoms with Crippen molar-refractivity contribution < 1.29 is 14.6 Å². The summed E-state index contributed by atoms with van der Waals surface area (Å²) in [5, 5.41) is 9.27. The second kappa shape index (κ2) is 7.56. The van der Waals surface area contributed by atoms with Gasteiger partial charge in [0.1, 0.15) is 0 Å². The second-order valence-electron chi connectivity index (χ2n) is 5.43. The predicted molar refractivity (Wildman–Crippen MR) is 90.9 cm³/mol. The lowest BCUT2D eigenvalue weighted by Gasteiger charge is -2.17. The van der Waals surface area contributed by atoms with Crippen LogP contribution in [0.1, 0.15) is 19.4 Å². The molecule has 2 aromatic rings. The maximum atomic E-state index is 11.3. The average Bonchev–Trinajstić information content (AvgIpc) is 2.46. The number of carboxylic acid groups (broad SMARTS) is 1. The molecular formula is C18H19BrO3. The van der Waals surface area contributed by atoms with Crippen molar-refractivity contribution >= 4 is 21.9 Å². The highest BCUT2D eigenvalue weighted by Gasteiger charge is 2.20. The van der Waals surface area contributed by atoms with E-state index in [1.54, 1.807) is 0 Å². The Bertz CT molecular complexity index is 652. The molecule has 1 N–H and O–H groups in total. The van der Waals surface area contributed by atoms with E-state index in [1.807, 2.05) is 62.4 Å². The smallest absolute Gasteiger partial charge is 0.333 e. The Balaban J connectivity index is 2.22. The number of hydrogen-bond donors (Lipinski definition) is 1. The van der Waals surface area contributed by atoms with E-state index < -0.39 is 12.1 Å². The lowest BCUT2D eigenvalue weighted by Crippen LogP contribution is -2.29. The molecule has 0 saturated heterocycles. The maximum absolute atomic E-state index is 11.3. The summed E-state index contributed by atoms with van der Waals surface area (Å²) in [5.41, 5.74) is 3.10. The van der Waals surface area contributed by atoms with Gasteiger partial charge in [0.2, 0.25) is 0 Å². The summed E-state index contributed by atoms with van der Waals surface area (Å²) in [7, 11) is 0. The van der Waals surface area contributed by atoms with Gasteiger partial charge in [0.05, 0.1) is 6.10 Å². The minimum Gasteiger partial charge on any atom is -0.479 e. The van der Waals surface area contributed by atoms with Gasteiger partial charge in [0.25, 0.3) is 0 Å². The van der Waals surface area contributed by atoms with Gasteiger partial charge in [-0.2, -0.15) is 0 Å². The number of carboxylic acids is 1. The summed E-state index contributed by atoms with van der Waals surface area (Å²) < 4.78 is 6.49. The number of rotatable bonds is 6. The van der Waals surface area contributed by atoms with Gasteiger partial charge in [0, 0.05) is 10.9 Å². The standard InChI is InChI=1S/C18H19BrO3/c1-12(2)22-17(18(20)21)10-13-5-3-6-14(9-13)15-7-4-8-16(19)11-15/h3-9,11-12,17H,10H2,1-2H3,(H,20,21). The normalized spacial score (nSPS) is 12.4. The molecule has 2 rings (SSSR count). The van der Waals surface area contributed by atoms with Crippen LogP contribution in [0.15, 0.2) is 53.0 Å². The Labute approximate surface area is 139 Å². The van der Waals surface area contributed by atoms with Crippen LogP contribution in [0, 0.1) is 0 Å². The van der Waals surface area contributed by atoms with Crippen molar-refractivity contribution in [2.45, 2.75) is 32.5 Å². The van der Waals surface area contributed by atoms with Gasteiger partial charge in [-0.25, -0.2) is 4.79 Å². The monoisotopic (exact) mass is 362 g/mol. The van der Waals surface area contributed by atoms with Crippen molar-refractivity contribution in [3.05, 3.63) is 58.6 Å². The van der Waals surface area contributed by atoms with Crippen molar-refractivity contribution in [2.75, 3.05) is 0 Å². The predicted octanol–water partition coefficient (Wildman–Crippen LogP) is 4.54. The van der Waals surface area contributed by atoms with E-state index in [9.17, 15) is 9.90 Å². The number of benzene rings is 2. The highest BCUT2D eigenvalue weighted by atomic mass is 79.9. The van der Waals surface area contributed by atoms with Crippen LogP contribution < -0.4 is 0 Å². The number of carbonyl (C=O) groups is 1. The molecule has 1 atom stereocenters. The molecule has 116 valence electrons. The molecule has 2 aromatic carbocycles. The van der Waals surface area contributed by atoms with Crippen molar-refractivity contribution in [2.24, 2.45) is 0 Å². The Hall–Kier alpha value is -1.65. The minimum absolute atomic E-state index is 0.116. The zero-order valence-corrected chi connectivity index (χ0v) is 14.2. The van der Waals surface area contributed by atoms with E-state index in [0.29, 0.717) is 6.42 Å². The van der Waals surface area contributed by atoms with Gasteiger partial charge in [-0.1, -0.05) is 52.3 Å². The number of ether oxygens (including phenoxy) is 1. The van der Waals surface area contributed by atoms with Crippen LogP contribution in [0.2, 0.25) is 0 Å². The fraction of sp³-hybridized carbons (Fsp3) is 0.278. The first-order valence-corrected chi connectivity index (χ1v) is 7.98. The molecule has 22 heavy (non-hydrogen) atoms. The number of aliphatic carboxylic acids is 1. The molecule has 0 aliphatic heterocycles. The van der Waals surface area contributed by atoms with E-state index >= 15 is 0 Å². The number of hydrogen-bond acceptors (Lipinski definition) is 2. The lowest BCUT2D eigenvalue weighted by molar-refractivity contribution is -0.153. The second-order valence-corrected chi connectivity index (χ2v) is 6.34. The quantitative estimate of drug-likeness (QED) is 0.820. The van der Waals surface area contributed by atoms with Crippen LogP contribution in [0.3, 0.4) is 0 Å². The summed E-state index contributed by atoms with van der Waals surface area (Å²) in [4.78, 5) is 11.3. The van der Waals surface area contributed by atoms with Crippen LogP contribution in [0.25, 0.3) is 11.1 Å². The van der Waals surface area contributed by atoms with Gasteiger partial charge >= 0.3 is 5.97 Å². The molecule has 0 bridgehead atoms. The molecule has 4 heteroatoms. The molecule has 0 fully saturated rings. The topological polar surface area (TPSA) is 46.5 Å². The average molecular weight is 363 g/mol. The minimum atomic E-state index is -0.929. The van der Waals surface area contributed by atoms with Crippen LogP contribution in [-0.4, -0.2) is 23.3 Å². The lowest BCUT2D eigenvalue weighted by atomic mass is 10.0. The highest BCUT2D eigenvalue weighted by molar-refractivity contribution is 9.10. The summed E-state index contributed by atoms with van der Waals surface area (Å²) in [5.74, 6) is -0.929. The van der Waals surface area contributed by atoms with E-state index in [2.05, 4.69) is 15.9 Å². The third-order valence-corrected chi connectivity index (χ3v) is 3.71. The van der Waals surface area contributed by atoms with Crippen molar-refractivity contribution in [1.82, 2.24) is 0 Å². The molecule has 0 saturated carbocycles. The van der Waals surface area contributed by atoms with E-state index in [0.717, 1.165) is 21.2 Å². The summed E-state index contributed by atoms with van der Waals surface area (Å²) >= 11 is 3.47. The maximum Gasteiger partial charge on any atom is 0.333 e. The third kappa shape index (κ3) is 4.68. The van der Waals surface area contributed by atoms with Crippen LogP contribution in [-0.2, 0) is 16.0 Å². The zero-order valence-electron chi connectivity index (χ0n) is 12.6. The highest BCUT2D eigenvalue weighted by Crippen LogP contribution is 2.24. The van der Waals surface area contributed by atoms with E-state index in [1.165, 1.54) is 0 Å². The van der Waals surface area contributed by atoms with Crippen molar-refractivity contribution in [1.29, 1.82) is 0 Å². The first-order chi connectivity index (χ1) is 10.5. The molecule has 0 amide bonds. The fourth-order valence-electron chi connectivity index (χ4n) is 2.28. The van der Waals surface area contributed by atoms with Gasteiger partial charge in [0.15, 0.2) is 6.10 Å². The fourth-order valence-corrected chi connectivity index (χ4v) is 2.68. The largest absolute Gasteiger partial charge is 0.479 e. The Morgan fingerprint density at radius 2 is 1.77 bits per heavy atom. The number of halogens is 1. The molecule has 3 nitrogen and oxygen atoms in total. The van der Waals surface area contributed by atoms with Crippen LogP contribution >= 0.6 is 15.9 Å². The SMILES string of the molecule is CC(C)OC(Cc1cccc(-c2cccc(Br)c2)c1)C(=O)O. The molecule has 1 unspecified atom stereocenters. The molecular weight excluding hydrogens is 344 g/mol. The Kier molecular flexibility index (Phi) is 5.75. The van der Waals surface area contributed by atoms with E-state index in [4.69, 9.17) is 4.74 Å². The van der Waals surface area contributed by atoms with Gasteiger partial charge in [-0.15, -0.1) is 0 Å². The Morgan fingerprint density at radius 1 is 1.14 bits per heavy atom. The van der Waals surface area contributed by atoms with Gasteiger partial charge in [-0.05, 0) is 42.7 Å². The van der Waals surface area contributed by atoms with E-state index in [-0.39, 0.29) is 6.10 Å². The summed E-state index contributed by atoms with van der Waals surface area (Å²) in [6.07, 6.45) is -0.581. The third-order valence-electron chi connectivity index (χ3n) is 3.22. The van der Waals surface area contributed by atoms with Crippen molar-refractivity contribution in [3.8, 4) is 11.1 Å². The van der Waals surface area contributed by atoms with Gasteiger partial charge in [-0.3, -0.25) is 0 Å². The van der Waals surface area contributed by atoms with Crippen molar-refractivity contribution in [3.63, 3.8) is 0 Å². The summed E-state index contributed by atoms with van der Waals surface area (Å²) in [6, 6.07) is 15.9. The molecule has 0 heterocycles. The Morgan fingerprint density at radius 3 is 2.36 bits per heavy atom. The molecule has 0 spiro atoms. The van der Waals surface area contributed by atoms with Crippen LogP contribution in [0.4, 0.5) is 0 Å².